The van der Waals surface area contributed by atoms with Crippen molar-refractivity contribution in [3.63, 3.8) is 0 Å². The van der Waals surface area contributed by atoms with Gasteiger partial charge in [0.05, 0.1) is 0 Å². The van der Waals surface area contributed by atoms with E-state index in [0.717, 1.165) is 0 Å². The van der Waals surface area contributed by atoms with Crippen LogP contribution in [-0.4, -0.2) is 0 Å². The molecular weight excluding hydrogens is 108 g/mol. The lowest BCUT2D eigenvalue weighted by atomic mass is 9.96. The first-order chi connectivity index (χ1) is 4.43. The molecule has 0 amide bonds. The summed E-state index contributed by atoms with van der Waals surface area (Å²) >= 11 is 0. The van der Waals surface area contributed by atoms with E-state index in [9.17, 15) is 0 Å². The molecule has 0 aliphatic heterocycles. The molecule has 9 heavy (non-hydrogen) atoms. The molecule has 0 nitrogen and oxygen atoms in total. The zero-order chi connectivity index (χ0) is 6.53. The lowest BCUT2D eigenvalue weighted by Crippen LogP contribution is -1.92. The molecule has 0 fully saturated rings. The molecule has 1 aliphatic rings. The standard InChI is InChI=1S/C9H13/c1-2-6-9-7-4-3-5-8-9/h3-5,7H,2,6,8H2,1H3. The Kier molecular flexibility index (Phi) is 2.56. The molecule has 0 saturated carbocycles. The van der Waals surface area contributed by atoms with Crippen molar-refractivity contribution in [3.8, 4) is 0 Å². The third-order valence-electron chi connectivity index (χ3n) is 1.53. The summed E-state index contributed by atoms with van der Waals surface area (Å²) in [5.74, 6) is 1.57. The van der Waals surface area contributed by atoms with Crippen molar-refractivity contribution in [2.45, 2.75) is 26.2 Å². The SMILES string of the molecule is CCC[C]1C=CC=CC1. The van der Waals surface area contributed by atoms with Gasteiger partial charge in [0.15, 0.2) is 0 Å². The number of allylic oxidation sites excluding steroid dienone is 4. The molecule has 1 radical (unpaired) electrons. The van der Waals surface area contributed by atoms with Crippen LogP contribution in [0.2, 0.25) is 0 Å². The Labute approximate surface area is 57.3 Å². The molecule has 0 atom stereocenters. The van der Waals surface area contributed by atoms with E-state index < -0.39 is 0 Å². The van der Waals surface area contributed by atoms with Gasteiger partial charge in [-0.25, -0.2) is 0 Å². The predicted molar refractivity (Wildman–Crippen MR) is 41.0 cm³/mol. The lowest BCUT2D eigenvalue weighted by molar-refractivity contribution is 0.804. The van der Waals surface area contributed by atoms with Gasteiger partial charge in [-0.15, -0.1) is 0 Å². The van der Waals surface area contributed by atoms with Gasteiger partial charge >= 0.3 is 0 Å². The van der Waals surface area contributed by atoms with Crippen LogP contribution in [0.4, 0.5) is 0 Å². The van der Waals surface area contributed by atoms with E-state index in [-0.39, 0.29) is 0 Å². The van der Waals surface area contributed by atoms with Crippen molar-refractivity contribution < 1.29 is 0 Å². The Morgan fingerprint density at radius 3 is 2.89 bits per heavy atom. The summed E-state index contributed by atoms with van der Waals surface area (Å²) in [5, 5.41) is 0. The number of rotatable bonds is 2. The topological polar surface area (TPSA) is 0 Å². The van der Waals surface area contributed by atoms with Crippen molar-refractivity contribution in [3.05, 3.63) is 30.2 Å². The fourth-order valence-corrected chi connectivity index (χ4v) is 1.06. The Balaban J connectivity index is 2.28. The Morgan fingerprint density at radius 1 is 1.44 bits per heavy atom. The molecule has 0 aromatic heterocycles. The van der Waals surface area contributed by atoms with E-state index in [4.69, 9.17) is 0 Å². The van der Waals surface area contributed by atoms with E-state index in [1.54, 1.807) is 5.92 Å². The molecule has 0 saturated heterocycles. The zero-order valence-corrected chi connectivity index (χ0v) is 5.93. The van der Waals surface area contributed by atoms with Crippen LogP contribution in [0.25, 0.3) is 0 Å². The third-order valence-corrected chi connectivity index (χ3v) is 1.53. The maximum absolute atomic E-state index is 2.23. The smallest absolute Gasteiger partial charge is 0.00133 e. The Bertz CT molecular complexity index is 120. The summed E-state index contributed by atoms with van der Waals surface area (Å²) in [7, 11) is 0. The van der Waals surface area contributed by atoms with Crippen LogP contribution in [0, 0.1) is 5.92 Å². The third kappa shape index (κ3) is 2.05. The summed E-state index contributed by atoms with van der Waals surface area (Å²) in [6, 6.07) is 0. The minimum Gasteiger partial charge on any atom is -0.0837 e. The minimum absolute atomic E-state index is 1.17. The van der Waals surface area contributed by atoms with Gasteiger partial charge < -0.3 is 0 Å². The first kappa shape index (κ1) is 6.60. The first-order valence-corrected chi connectivity index (χ1v) is 3.61. The van der Waals surface area contributed by atoms with Crippen molar-refractivity contribution in [2.75, 3.05) is 0 Å². The summed E-state index contributed by atoms with van der Waals surface area (Å²) in [6.45, 7) is 2.22. The highest BCUT2D eigenvalue weighted by Crippen LogP contribution is 2.18. The summed E-state index contributed by atoms with van der Waals surface area (Å²) in [5.41, 5.74) is 0. The highest BCUT2D eigenvalue weighted by molar-refractivity contribution is 5.23. The van der Waals surface area contributed by atoms with Gasteiger partial charge in [0.2, 0.25) is 0 Å². The second-order valence-corrected chi connectivity index (χ2v) is 2.40. The maximum Gasteiger partial charge on any atom is 0.00133 e. The van der Waals surface area contributed by atoms with Gasteiger partial charge in [0.1, 0.15) is 0 Å². The number of hydrogen-bond acceptors (Lipinski definition) is 0. The van der Waals surface area contributed by atoms with E-state index in [1.807, 2.05) is 0 Å². The molecule has 0 N–H and O–H groups in total. The van der Waals surface area contributed by atoms with Gasteiger partial charge in [-0.05, 0) is 12.8 Å². The fourth-order valence-electron chi connectivity index (χ4n) is 1.06. The van der Waals surface area contributed by atoms with Crippen LogP contribution < -0.4 is 0 Å². The molecule has 0 aromatic carbocycles. The highest BCUT2D eigenvalue weighted by Gasteiger charge is 2.02. The predicted octanol–water partition coefficient (Wildman–Crippen LogP) is 2.88. The van der Waals surface area contributed by atoms with Crippen molar-refractivity contribution in [2.24, 2.45) is 0 Å². The lowest BCUT2D eigenvalue weighted by Gasteiger charge is -2.08. The normalized spacial score (nSPS) is 18.8. The van der Waals surface area contributed by atoms with Gasteiger partial charge in [-0.3, -0.25) is 0 Å². The zero-order valence-electron chi connectivity index (χ0n) is 5.93. The monoisotopic (exact) mass is 121 g/mol. The van der Waals surface area contributed by atoms with Gasteiger partial charge in [0, 0.05) is 5.92 Å². The van der Waals surface area contributed by atoms with Crippen molar-refractivity contribution >= 4 is 0 Å². The largest absolute Gasteiger partial charge is 0.0837 e. The van der Waals surface area contributed by atoms with E-state index in [2.05, 4.69) is 31.2 Å². The average Bonchev–Trinajstić information content (AvgIpc) is 1.91. The molecule has 0 spiro atoms. The van der Waals surface area contributed by atoms with Crippen LogP contribution in [-0.2, 0) is 0 Å². The molecule has 0 bridgehead atoms. The molecule has 49 valence electrons. The van der Waals surface area contributed by atoms with Gasteiger partial charge in [-0.1, -0.05) is 37.6 Å². The van der Waals surface area contributed by atoms with Crippen molar-refractivity contribution in [1.29, 1.82) is 0 Å². The molecule has 1 rings (SSSR count). The van der Waals surface area contributed by atoms with Gasteiger partial charge in [0.25, 0.3) is 0 Å². The highest BCUT2D eigenvalue weighted by atomic mass is 14.1. The van der Waals surface area contributed by atoms with E-state index >= 15 is 0 Å². The minimum atomic E-state index is 1.17. The van der Waals surface area contributed by atoms with Crippen molar-refractivity contribution in [1.82, 2.24) is 0 Å². The Morgan fingerprint density at radius 2 is 2.33 bits per heavy atom. The van der Waals surface area contributed by atoms with Crippen LogP contribution in [0.5, 0.6) is 0 Å². The van der Waals surface area contributed by atoms with E-state index in [0.29, 0.717) is 0 Å². The second kappa shape index (κ2) is 3.49. The second-order valence-electron chi connectivity index (χ2n) is 2.40. The first-order valence-electron chi connectivity index (χ1n) is 3.61. The summed E-state index contributed by atoms with van der Waals surface area (Å²) in [6.07, 6.45) is 12.4. The maximum atomic E-state index is 2.23. The van der Waals surface area contributed by atoms with Crippen LogP contribution in [0.15, 0.2) is 24.3 Å². The van der Waals surface area contributed by atoms with E-state index in [1.165, 1.54) is 19.3 Å². The molecule has 1 aliphatic carbocycles. The number of hydrogen-bond donors (Lipinski definition) is 0. The summed E-state index contributed by atoms with van der Waals surface area (Å²) in [4.78, 5) is 0. The molecule has 0 aromatic rings. The molecule has 0 heteroatoms. The van der Waals surface area contributed by atoms with Gasteiger partial charge in [-0.2, -0.15) is 0 Å². The van der Waals surface area contributed by atoms with Crippen LogP contribution >= 0.6 is 0 Å². The quantitative estimate of drug-likeness (QED) is 0.527. The molecule has 0 unspecified atom stereocenters. The van der Waals surface area contributed by atoms with Crippen LogP contribution in [0.3, 0.4) is 0 Å². The average molecular weight is 121 g/mol. The fraction of sp³-hybridized carbons (Fsp3) is 0.444. The molecular formula is C9H13. The van der Waals surface area contributed by atoms with Crippen LogP contribution in [0.1, 0.15) is 26.2 Å². The Hall–Kier alpha value is -0.520. The molecule has 0 heterocycles. The summed E-state index contributed by atoms with van der Waals surface area (Å²) < 4.78 is 0.